The number of nitrogens with one attached hydrogen (secondary N) is 1. The molecule has 1 saturated heterocycles. The van der Waals surface area contributed by atoms with Crippen LogP contribution in [0.15, 0.2) is 29.2 Å². The van der Waals surface area contributed by atoms with Gasteiger partial charge in [0.25, 0.3) is 0 Å². The van der Waals surface area contributed by atoms with Crippen molar-refractivity contribution in [1.29, 1.82) is 0 Å². The van der Waals surface area contributed by atoms with Gasteiger partial charge in [-0.2, -0.15) is 11.8 Å². The van der Waals surface area contributed by atoms with Crippen LogP contribution in [0.4, 0.5) is 0 Å². The van der Waals surface area contributed by atoms with E-state index in [4.69, 9.17) is 5.11 Å². The van der Waals surface area contributed by atoms with Crippen molar-refractivity contribution in [3.63, 3.8) is 0 Å². The third-order valence-electron chi connectivity index (χ3n) is 3.88. The fourth-order valence-electron chi connectivity index (χ4n) is 2.43. The molecular weight excluding hydrogens is 306 g/mol. The average molecular weight is 329 g/mol. The van der Waals surface area contributed by atoms with Gasteiger partial charge in [-0.1, -0.05) is 19.1 Å². The maximum atomic E-state index is 11.8. The minimum absolute atomic E-state index is 0.220. The summed E-state index contributed by atoms with van der Waals surface area (Å²) in [5.41, 5.74) is 1.09. The Morgan fingerprint density at radius 1 is 1.33 bits per heavy atom. The quantitative estimate of drug-likeness (QED) is 0.760. The Bertz CT molecular complexity index is 539. The Balaban J connectivity index is 1.93. The Hall–Kier alpha value is -0.560. The average Bonchev–Trinajstić information content (AvgIpc) is 2.41. The van der Waals surface area contributed by atoms with Crippen molar-refractivity contribution in [3.8, 4) is 0 Å². The molecule has 0 bridgehead atoms. The maximum absolute atomic E-state index is 11.8. The monoisotopic (exact) mass is 329 g/mol. The molecule has 0 radical (unpaired) electrons. The van der Waals surface area contributed by atoms with Gasteiger partial charge in [-0.05, 0) is 41.5 Å². The summed E-state index contributed by atoms with van der Waals surface area (Å²) in [6, 6.07) is 7.49. The van der Waals surface area contributed by atoms with Crippen LogP contribution in [0.2, 0.25) is 0 Å². The summed E-state index contributed by atoms with van der Waals surface area (Å²) in [6.07, 6.45) is 1.12. The van der Waals surface area contributed by atoms with E-state index in [1.54, 1.807) is 12.1 Å². The largest absolute Gasteiger partial charge is 0.395 e. The molecule has 1 fully saturated rings. The first-order valence-electron chi connectivity index (χ1n) is 7.30. The zero-order valence-corrected chi connectivity index (χ0v) is 13.9. The molecular formula is C15H23NO3S2. The molecule has 2 rings (SSSR count). The molecule has 1 aliphatic rings. The van der Waals surface area contributed by atoms with Gasteiger partial charge in [0.1, 0.15) is 0 Å². The predicted molar refractivity (Wildman–Crippen MR) is 87.3 cm³/mol. The predicted octanol–water partition coefficient (Wildman–Crippen LogP) is 1.68. The Kier molecular flexibility index (Phi) is 6.10. The highest BCUT2D eigenvalue weighted by Gasteiger charge is 2.26. The van der Waals surface area contributed by atoms with Crippen molar-refractivity contribution < 1.29 is 13.5 Å². The van der Waals surface area contributed by atoms with Crippen molar-refractivity contribution in [2.75, 3.05) is 23.9 Å². The number of hydrogen-bond donors (Lipinski definition) is 2. The number of hydrogen-bond acceptors (Lipinski definition) is 5. The molecule has 0 aromatic heterocycles. The maximum Gasteiger partial charge on any atom is 0.180 e. The number of rotatable bonds is 8. The third-order valence-corrected chi connectivity index (χ3v) is 6.92. The normalized spacial score (nSPS) is 17.4. The van der Waals surface area contributed by atoms with Gasteiger partial charge in [-0.25, -0.2) is 8.42 Å². The van der Waals surface area contributed by atoms with Gasteiger partial charge in [0.2, 0.25) is 0 Å². The van der Waals surface area contributed by atoms with Gasteiger partial charge in [-0.15, -0.1) is 0 Å². The van der Waals surface area contributed by atoms with Crippen molar-refractivity contribution in [3.05, 3.63) is 29.8 Å². The second-order valence-corrected chi connectivity index (χ2v) is 8.56. The SMILES string of the molecule is CCC(NCc1ccc(S(=O)(=O)CCO)cc1)C1CSC1. The first kappa shape index (κ1) is 16.8. The molecule has 0 amide bonds. The zero-order chi connectivity index (χ0) is 15.3. The first-order chi connectivity index (χ1) is 10.1. The summed E-state index contributed by atoms with van der Waals surface area (Å²) in [5, 5.41) is 12.3. The van der Waals surface area contributed by atoms with Gasteiger partial charge in [0, 0.05) is 12.6 Å². The van der Waals surface area contributed by atoms with Gasteiger partial charge < -0.3 is 10.4 Å². The molecule has 1 unspecified atom stereocenters. The fraction of sp³-hybridized carbons (Fsp3) is 0.600. The lowest BCUT2D eigenvalue weighted by atomic mass is 10.0. The lowest BCUT2D eigenvalue weighted by Crippen LogP contribution is -2.41. The molecule has 2 N–H and O–H groups in total. The minimum atomic E-state index is -3.34. The van der Waals surface area contributed by atoms with Crippen molar-refractivity contribution in [2.45, 2.75) is 30.8 Å². The van der Waals surface area contributed by atoms with Gasteiger partial charge in [0.05, 0.1) is 17.3 Å². The first-order valence-corrected chi connectivity index (χ1v) is 10.1. The van der Waals surface area contributed by atoms with Crippen molar-refractivity contribution in [1.82, 2.24) is 5.32 Å². The van der Waals surface area contributed by atoms with Crippen LogP contribution in [0.1, 0.15) is 18.9 Å². The van der Waals surface area contributed by atoms with Crippen LogP contribution in [-0.2, 0) is 16.4 Å². The molecule has 1 heterocycles. The van der Waals surface area contributed by atoms with E-state index in [0.29, 0.717) is 6.04 Å². The number of sulfone groups is 1. The smallest absolute Gasteiger partial charge is 0.180 e. The number of thioether (sulfide) groups is 1. The van der Waals surface area contributed by atoms with Crippen LogP contribution in [0.3, 0.4) is 0 Å². The van der Waals surface area contributed by atoms with E-state index in [9.17, 15) is 8.42 Å². The topological polar surface area (TPSA) is 66.4 Å². The van der Waals surface area contributed by atoms with Crippen LogP contribution in [0.25, 0.3) is 0 Å². The van der Waals surface area contributed by atoms with Crippen molar-refractivity contribution in [2.24, 2.45) is 5.92 Å². The van der Waals surface area contributed by atoms with Gasteiger partial charge >= 0.3 is 0 Å². The van der Waals surface area contributed by atoms with Crippen LogP contribution in [0, 0.1) is 5.92 Å². The van der Waals surface area contributed by atoms with E-state index in [0.717, 1.165) is 24.4 Å². The number of benzene rings is 1. The summed E-state index contributed by atoms with van der Waals surface area (Å²) in [4.78, 5) is 0.280. The summed E-state index contributed by atoms with van der Waals surface area (Å²) in [6.45, 7) is 2.62. The molecule has 4 nitrogen and oxygen atoms in total. The number of aliphatic hydroxyl groups excluding tert-OH is 1. The van der Waals surface area contributed by atoms with E-state index >= 15 is 0 Å². The second-order valence-electron chi connectivity index (χ2n) is 5.38. The molecule has 0 aliphatic carbocycles. The molecule has 6 heteroatoms. The van der Waals surface area contributed by atoms with E-state index in [1.165, 1.54) is 11.5 Å². The molecule has 118 valence electrons. The molecule has 1 aromatic rings. The Morgan fingerprint density at radius 3 is 2.48 bits per heavy atom. The highest BCUT2D eigenvalue weighted by atomic mass is 32.2. The van der Waals surface area contributed by atoms with Gasteiger partial charge in [-0.3, -0.25) is 0 Å². The Morgan fingerprint density at radius 2 is 2.00 bits per heavy atom. The zero-order valence-electron chi connectivity index (χ0n) is 12.3. The van der Waals surface area contributed by atoms with E-state index < -0.39 is 9.84 Å². The van der Waals surface area contributed by atoms with Crippen molar-refractivity contribution >= 4 is 21.6 Å². The molecule has 21 heavy (non-hydrogen) atoms. The van der Waals surface area contributed by atoms with E-state index in [1.807, 2.05) is 23.9 Å². The number of aliphatic hydroxyl groups is 1. The van der Waals surface area contributed by atoms with Gasteiger partial charge in [0.15, 0.2) is 9.84 Å². The molecule has 0 saturated carbocycles. The van der Waals surface area contributed by atoms with Crippen LogP contribution in [0.5, 0.6) is 0 Å². The fourth-order valence-corrected chi connectivity index (χ4v) is 4.43. The lowest BCUT2D eigenvalue weighted by Gasteiger charge is -2.33. The molecule has 1 atom stereocenters. The van der Waals surface area contributed by atoms with E-state index in [-0.39, 0.29) is 17.3 Å². The summed E-state index contributed by atoms with van der Waals surface area (Å²) in [7, 11) is -3.34. The van der Waals surface area contributed by atoms with E-state index in [2.05, 4.69) is 12.2 Å². The standard InChI is InChI=1S/C15H23NO3S2/c1-2-15(13-10-20-11-13)16-9-12-3-5-14(6-4-12)21(18,19)8-7-17/h3-6,13,15-17H,2,7-11H2,1H3. The molecule has 0 spiro atoms. The highest BCUT2D eigenvalue weighted by molar-refractivity contribution is 8.00. The summed E-state index contributed by atoms with van der Waals surface area (Å²) in [5.74, 6) is 3.03. The molecule has 1 aliphatic heterocycles. The summed E-state index contributed by atoms with van der Waals surface area (Å²) >= 11 is 1.99. The Labute approximate surface area is 131 Å². The lowest BCUT2D eigenvalue weighted by molar-refractivity contribution is 0.319. The second kappa shape index (κ2) is 7.63. The van der Waals surface area contributed by atoms with Crippen LogP contribution >= 0.6 is 11.8 Å². The highest BCUT2D eigenvalue weighted by Crippen LogP contribution is 2.28. The third kappa shape index (κ3) is 4.45. The molecule has 1 aromatic carbocycles. The minimum Gasteiger partial charge on any atom is -0.395 e. The summed E-state index contributed by atoms with van der Waals surface area (Å²) < 4.78 is 23.6. The van der Waals surface area contributed by atoms with Crippen LogP contribution in [-0.4, -0.2) is 43.4 Å². The van der Waals surface area contributed by atoms with Crippen LogP contribution < -0.4 is 5.32 Å².